The van der Waals surface area contributed by atoms with E-state index in [1.807, 2.05) is 4.72 Å². The van der Waals surface area contributed by atoms with E-state index in [1.165, 1.54) is 30.6 Å². The van der Waals surface area contributed by atoms with Crippen molar-refractivity contribution in [3.05, 3.63) is 47.5 Å². The van der Waals surface area contributed by atoms with Crippen LogP contribution in [0, 0.1) is 5.82 Å². The summed E-state index contributed by atoms with van der Waals surface area (Å²) in [7, 11) is -4.16. The van der Waals surface area contributed by atoms with Crippen LogP contribution in [-0.2, 0) is 10.0 Å². The number of aromatic nitrogens is 2. The van der Waals surface area contributed by atoms with Gasteiger partial charge in [-0.25, -0.2) is 27.5 Å². The van der Waals surface area contributed by atoms with Crippen molar-refractivity contribution in [2.75, 3.05) is 4.72 Å². The van der Waals surface area contributed by atoms with Crippen molar-refractivity contribution in [2.45, 2.75) is 4.90 Å². The number of nitrogens with one attached hydrogen (secondary N) is 1. The molecule has 1 aromatic carbocycles. The van der Waals surface area contributed by atoms with E-state index >= 15 is 0 Å². The van der Waals surface area contributed by atoms with E-state index in [1.54, 1.807) is 0 Å². The highest BCUT2D eigenvalue weighted by Gasteiger charge is 2.23. The standard InChI is InChI=1S/C10H7ClFN3O2S/c11-7-3-1-4-8(12)9(7)18(16,17)15-10-13-5-2-6-14-10/h1-6H,(H,13,14,15). The molecule has 0 aliphatic rings. The molecule has 1 heterocycles. The Bertz CT molecular complexity index is 644. The first-order chi connectivity index (χ1) is 8.50. The fraction of sp³-hybridized carbons (Fsp3) is 0. The van der Waals surface area contributed by atoms with Gasteiger partial charge in [-0.05, 0) is 18.2 Å². The van der Waals surface area contributed by atoms with Crippen LogP contribution in [0.4, 0.5) is 10.3 Å². The van der Waals surface area contributed by atoms with Gasteiger partial charge >= 0.3 is 0 Å². The van der Waals surface area contributed by atoms with Crippen LogP contribution in [0.2, 0.25) is 5.02 Å². The summed E-state index contributed by atoms with van der Waals surface area (Å²) in [6.07, 6.45) is 2.71. The topological polar surface area (TPSA) is 72.0 Å². The lowest BCUT2D eigenvalue weighted by Gasteiger charge is -2.08. The SMILES string of the molecule is O=S(=O)(Nc1ncccn1)c1c(F)cccc1Cl. The average molecular weight is 288 g/mol. The van der Waals surface area contributed by atoms with Crippen molar-refractivity contribution in [3.8, 4) is 0 Å². The van der Waals surface area contributed by atoms with Gasteiger partial charge in [0.2, 0.25) is 5.95 Å². The molecule has 0 radical (unpaired) electrons. The molecule has 1 aromatic heterocycles. The lowest BCUT2D eigenvalue weighted by molar-refractivity contribution is 0.570. The number of nitrogens with zero attached hydrogens (tertiary/aromatic N) is 2. The maximum absolute atomic E-state index is 13.5. The third-order valence-corrected chi connectivity index (χ3v) is 3.81. The van der Waals surface area contributed by atoms with Crippen LogP contribution in [0.5, 0.6) is 0 Å². The largest absolute Gasteiger partial charge is 0.268 e. The number of benzene rings is 1. The zero-order valence-electron chi connectivity index (χ0n) is 8.84. The number of anilines is 1. The maximum Gasteiger partial charge on any atom is 0.268 e. The smallest absolute Gasteiger partial charge is 0.247 e. The molecule has 94 valence electrons. The number of rotatable bonds is 3. The third-order valence-electron chi connectivity index (χ3n) is 1.98. The molecule has 0 aliphatic carbocycles. The van der Waals surface area contributed by atoms with Crippen molar-refractivity contribution in [1.82, 2.24) is 9.97 Å². The molecule has 0 saturated heterocycles. The van der Waals surface area contributed by atoms with E-state index in [2.05, 4.69) is 9.97 Å². The van der Waals surface area contributed by atoms with Gasteiger partial charge in [-0.15, -0.1) is 0 Å². The van der Waals surface area contributed by atoms with Gasteiger partial charge in [0.05, 0.1) is 5.02 Å². The van der Waals surface area contributed by atoms with Crippen LogP contribution in [0.3, 0.4) is 0 Å². The first-order valence-electron chi connectivity index (χ1n) is 4.74. The lowest BCUT2D eigenvalue weighted by Crippen LogP contribution is -2.16. The fourth-order valence-corrected chi connectivity index (χ4v) is 2.83. The number of hydrogen-bond donors (Lipinski definition) is 1. The van der Waals surface area contributed by atoms with E-state index in [4.69, 9.17) is 11.6 Å². The Balaban J connectivity index is 2.44. The third kappa shape index (κ3) is 2.57. The summed E-state index contributed by atoms with van der Waals surface area (Å²) < 4.78 is 39.4. The molecule has 0 atom stereocenters. The van der Waals surface area contributed by atoms with Gasteiger partial charge in [0.1, 0.15) is 10.7 Å². The van der Waals surface area contributed by atoms with Crippen molar-refractivity contribution >= 4 is 27.6 Å². The van der Waals surface area contributed by atoms with Crippen LogP contribution in [0.15, 0.2) is 41.6 Å². The number of hydrogen-bond acceptors (Lipinski definition) is 4. The Morgan fingerprint density at radius 1 is 1.17 bits per heavy atom. The molecule has 0 unspecified atom stereocenters. The predicted octanol–water partition coefficient (Wildman–Crippen LogP) is 2.07. The van der Waals surface area contributed by atoms with Gasteiger partial charge in [0, 0.05) is 12.4 Å². The van der Waals surface area contributed by atoms with Gasteiger partial charge < -0.3 is 0 Å². The summed E-state index contributed by atoms with van der Waals surface area (Å²) >= 11 is 5.68. The van der Waals surface area contributed by atoms with E-state index in [0.717, 1.165) is 6.07 Å². The quantitative estimate of drug-likeness (QED) is 0.938. The van der Waals surface area contributed by atoms with Gasteiger partial charge in [-0.1, -0.05) is 17.7 Å². The second-order valence-corrected chi connectivity index (χ2v) is 5.26. The van der Waals surface area contributed by atoms with Crippen LogP contribution in [-0.4, -0.2) is 18.4 Å². The Morgan fingerprint density at radius 2 is 1.83 bits per heavy atom. The molecule has 2 aromatic rings. The molecule has 2 rings (SSSR count). The summed E-state index contributed by atoms with van der Waals surface area (Å²) in [5.41, 5.74) is 0. The normalized spacial score (nSPS) is 11.2. The Morgan fingerprint density at radius 3 is 2.44 bits per heavy atom. The summed E-state index contributed by atoms with van der Waals surface area (Å²) in [6.45, 7) is 0. The minimum atomic E-state index is -4.16. The maximum atomic E-state index is 13.5. The zero-order valence-corrected chi connectivity index (χ0v) is 10.4. The summed E-state index contributed by atoms with van der Waals surface area (Å²) in [6, 6.07) is 5.13. The predicted molar refractivity (Wildman–Crippen MR) is 64.3 cm³/mol. The molecule has 0 amide bonds. The second-order valence-electron chi connectivity index (χ2n) is 3.23. The van der Waals surface area contributed by atoms with Crippen molar-refractivity contribution in [3.63, 3.8) is 0 Å². The zero-order chi connectivity index (χ0) is 13.2. The first-order valence-corrected chi connectivity index (χ1v) is 6.60. The number of halogens is 2. The van der Waals surface area contributed by atoms with Crippen molar-refractivity contribution in [1.29, 1.82) is 0 Å². The van der Waals surface area contributed by atoms with Gasteiger partial charge in [-0.3, -0.25) is 0 Å². The van der Waals surface area contributed by atoms with Crippen molar-refractivity contribution in [2.24, 2.45) is 0 Å². The minimum absolute atomic E-state index is 0.156. The average Bonchev–Trinajstić information content (AvgIpc) is 2.28. The Labute approximate surface area is 108 Å². The van der Waals surface area contributed by atoms with Crippen LogP contribution < -0.4 is 4.72 Å². The molecule has 0 spiro atoms. The summed E-state index contributed by atoms with van der Waals surface area (Å²) in [4.78, 5) is 6.74. The second kappa shape index (κ2) is 4.87. The molecule has 8 heteroatoms. The summed E-state index contributed by atoms with van der Waals surface area (Å²) in [5.74, 6) is -1.09. The summed E-state index contributed by atoms with van der Waals surface area (Å²) in [5, 5.41) is -0.210. The molecular weight excluding hydrogens is 281 g/mol. The lowest BCUT2D eigenvalue weighted by atomic mass is 10.3. The van der Waals surface area contributed by atoms with E-state index in [0.29, 0.717) is 0 Å². The van der Waals surface area contributed by atoms with Crippen LogP contribution >= 0.6 is 11.6 Å². The van der Waals surface area contributed by atoms with E-state index in [-0.39, 0.29) is 11.0 Å². The molecule has 5 nitrogen and oxygen atoms in total. The number of sulfonamides is 1. The monoisotopic (exact) mass is 287 g/mol. The van der Waals surface area contributed by atoms with Crippen molar-refractivity contribution < 1.29 is 12.8 Å². The Hall–Kier alpha value is -1.73. The first kappa shape index (κ1) is 12.7. The molecule has 0 bridgehead atoms. The van der Waals surface area contributed by atoms with E-state index < -0.39 is 20.7 Å². The highest BCUT2D eigenvalue weighted by atomic mass is 35.5. The van der Waals surface area contributed by atoms with Gasteiger partial charge in [0.25, 0.3) is 10.0 Å². The molecular formula is C10H7ClFN3O2S. The fourth-order valence-electron chi connectivity index (χ4n) is 1.26. The van der Waals surface area contributed by atoms with Crippen LogP contribution in [0.25, 0.3) is 0 Å². The van der Waals surface area contributed by atoms with Crippen LogP contribution in [0.1, 0.15) is 0 Å². The van der Waals surface area contributed by atoms with Gasteiger partial charge in [-0.2, -0.15) is 0 Å². The molecule has 0 saturated carbocycles. The molecule has 18 heavy (non-hydrogen) atoms. The Kier molecular flexibility index (Phi) is 3.44. The van der Waals surface area contributed by atoms with Gasteiger partial charge in [0.15, 0.2) is 0 Å². The highest BCUT2D eigenvalue weighted by molar-refractivity contribution is 7.92. The highest BCUT2D eigenvalue weighted by Crippen LogP contribution is 2.25. The molecule has 1 N–H and O–H groups in total. The molecule has 0 fully saturated rings. The minimum Gasteiger partial charge on any atom is -0.247 e. The molecule has 0 aliphatic heterocycles. The van der Waals surface area contributed by atoms with E-state index in [9.17, 15) is 12.8 Å².